The molecule has 0 N–H and O–H groups in total. The highest BCUT2D eigenvalue weighted by atomic mass is 15.2. The molecule has 29 aromatic rings. The number of aromatic nitrogens is 11. The molecule has 11 heteroatoms. The summed E-state index contributed by atoms with van der Waals surface area (Å²) in [6.07, 6.45) is 0. The molecular weight excluding hydrogens is 1680 g/mol. The fraction of sp³-hybridized carbons (Fsp3) is 0. The number of benzene rings is 21. The topological polar surface area (TPSA) is 109 Å². The van der Waals surface area contributed by atoms with Gasteiger partial charge in [0.25, 0.3) is 0 Å². The molecule has 2 aliphatic carbocycles. The molecule has 21 aromatic carbocycles. The Balaban J connectivity index is 0.000000100. The molecule has 31 rings (SSSR count). The zero-order chi connectivity index (χ0) is 90.3. The van der Waals surface area contributed by atoms with Gasteiger partial charge in [-0.3, -0.25) is 13.7 Å². The zero-order valence-electron chi connectivity index (χ0n) is 74.2. The van der Waals surface area contributed by atoms with Gasteiger partial charge in [-0.2, -0.15) is 9.97 Å². The Morgan fingerprint density at radius 3 is 1.14 bits per heavy atom. The number of hydrogen-bond acceptors (Lipinski definition) is 7. The van der Waals surface area contributed by atoms with E-state index in [1.807, 2.05) is 78.9 Å². The van der Waals surface area contributed by atoms with Crippen molar-refractivity contribution in [3.63, 3.8) is 0 Å². The Kier molecular flexibility index (Phi) is 17.0. The summed E-state index contributed by atoms with van der Waals surface area (Å²) < 4.78 is 9.50. The van der Waals surface area contributed by atoms with Gasteiger partial charge in [-0.15, -0.1) is 0 Å². The number of fused-ring (bicyclic) bond motifs is 17. The number of nitrogens with zero attached hydrogens (tertiary/aromatic N) is 11. The van der Waals surface area contributed by atoms with Gasteiger partial charge in [0.1, 0.15) is 11.4 Å². The molecule has 0 saturated heterocycles. The zero-order valence-corrected chi connectivity index (χ0v) is 74.2. The molecule has 11 nitrogen and oxygen atoms in total. The molecule has 8 heterocycles. The lowest BCUT2D eigenvalue weighted by atomic mass is 9.88. The van der Waals surface area contributed by atoms with Gasteiger partial charge < -0.3 is 4.40 Å². The highest BCUT2D eigenvalue weighted by molar-refractivity contribution is 6.39. The second-order valence-corrected chi connectivity index (χ2v) is 35.9. The van der Waals surface area contributed by atoms with Gasteiger partial charge in [-0.25, -0.2) is 24.9 Å². The van der Waals surface area contributed by atoms with Crippen molar-refractivity contribution in [2.24, 2.45) is 0 Å². The predicted molar refractivity (Wildman–Crippen MR) is 571 cm³/mol. The van der Waals surface area contributed by atoms with Crippen molar-refractivity contribution in [3.05, 3.63) is 455 Å². The third kappa shape index (κ3) is 11.4. The Bertz CT molecular complexity index is 10100. The maximum atomic E-state index is 5.40. The maximum Gasteiger partial charge on any atom is 0.238 e. The molecule has 0 amide bonds. The smallest absolute Gasteiger partial charge is 0.238 e. The van der Waals surface area contributed by atoms with Crippen molar-refractivity contribution < 1.29 is 0 Å². The van der Waals surface area contributed by atoms with E-state index in [1.165, 1.54) is 164 Å². The second kappa shape index (κ2) is 30.4. The van der Waals surface area contributed by atoms with Gasteiger partial charge in [0.05, 0.1) is 71.7 Å². The van der Waals surface area contributed by atoms with Crippen LogP contribution in [0, 0.1) is 0 Å². The van der Waals surface area contributed by atoms with Crippen LogP contribution >= 0.6 is 0 Å². The monoisotopic (exact) mass is 1750 g/mol. The van der Waals surface area contributed by atoms with Crippen molar-refractivity contribution in [3.8, 4) is 130 Å². The van der Waals surface area contributed by atoms with Gasteiger partial charge in [0.15, 0.2) is 23.3 Å². The first-order valence-electron chi connectivity index (χ1n) is 46.9. The molecule has 0 fully saturated rings. The van der Waals surface area contributed by atoms with Gasteiger partial charge >= 0.3 is 0 Å². The van der Waals surface area contributed by atoms with Crippen LogP contribution < -0.4 is 0 Å². The average Bonchev–Trinajstić information content (AvgIpc) is 1.53. The maximum absolute atomic E-state index is 5.40. The lowest BCUT2D eigenvalue weighted by Gasteiger charge is -2.17. The number of para-hydroxylation sites is 6. The van der Waals surface area contributed by atoms with Gasteiger partial charge in [0, 0.05) is 92.6 Å². The average molecular weight is 1760 g/mol. The molecule has 638 valence electrons. The first-order chi connectivity index (χ1) is 68.5. The molecule has 0 atom stereocenters. The molecule has 0 radical (unpaired) electrons. The van der Waals surface area contributed by atoms with Gasteiger partial charge in [0.2, 0.25) is 5.95 Å². The lowest BCUT2D eigenvalue weighted by Crippen LogP contribution is -2.07. The quantitative estimate of drug-likeness (QED) is 0.132. The SMILES string of the molecule is c1ccc(-c2ccc3c4c2-c2ccccc2-c2cccc5ccc(c4c25)n3-c2nc3ccccc3nc2-c2ccccc2)cc1.c1ccc(-c2nc(-c3ccccc3)nc(-n3c4cccc5c6ccccc6n6c7ccccc7c7cc(-c8ccccc8)c3c(c54)c76)n2)cc1.c1ccc(-c2nc3ccccc3nc2-n2c3cccc4c3c3c5c(cccc5c5ccccc5c32)-c2ccccc2-4)cc1. The van der Waals surface area contributed by atoms with Gasteiger partial charge in [-0.1, -0.05) is 388 Å². The van der Waals surface area contributed by atoms with E-state index in [2.05, 4.69) is 394 Å². The summed E-state index contributed by atoms with van der Waals surface area (Å²) >= 11 is 0. The Morgan fingerprint density at radius 2 is 0.558 bits per heavy atom. The largest absolute Gasteiger partial charge is 0.308 e. The summed E-state index contributed by atoms with van der Waals surface area (Å²) in [5.74, 6) is 3.54. The highest BCUT2D eigenvalue weighted by Gasteiger charge is 2.34. The van der Waals surface area contributed by atoms with Crippen molar-refractivity contribution in [2.75, 3.05) is 0 Å². The summed E-state index contributed by atoms with van der Waals surface area (Å²) in [6, 6.07) is 162. The molecular formula is C127H75N11. The predicted octanol–water partition coefficient (Wildman–Crippen LogP) is 32.3. The minimum absolute atomic E-state index is 0.586. The highest BCUT2D eigenvalue weighted by Crippen LogP contribution is 2.57. The van der Waals surface area contributed by atoms with Gasteiger partial charge in [-0.05, 0) is 149 Å². The van der Waals surface area contributed by atoms with E-state index in [1.54, 1.807) is 0 Å². The van der Waals surface area contributed by atoms with E-state index in [-0.39, 0.29) is 0 Å². The van der Waals surface area contributed by atoms with E-state index in [9.17, 15) is 0 Å². The van der Waals surface area contributed by atoms with Crippen LogP contribution in [0.5, 0.6) is 0 Å². The first-order valence-corrected chi connectivity index (χ1v) is 46.9. The van der Waals surface area contributed by atoms with Crippen LogP contribution in [-0.2, 0) is 0 Å². The lowest BCUT2D eigenvalue weighted by molar-refractivity contribution is 0.954. The minimum atomic E-state index is 0.586. The van der Waals surface area contributed by atoms with Crippen LogP contribution in [0.25, 0.3) is 288 Å². The second-order valence-electron chi connectivity index (χ2n) is 35.9. The third-order valence-electron chi connectivity index (χ3n) is 28.5. The van der Waals surface area contributed by atoms with Crippen LogP contribution in [0.3, 0.4) is 0 Å². The molecule has 0 spiro atoms. The molecule has 0 aliphatic heterocycles. The Hall–Kier alpha value is -18.7. The standard InChI is InChI=1S/C45H27N5.C42H25N3.C40H23N3/c1-4-15-28(16-5-1)34-27-35-32-22-11-13-25-37(32)49-36-24-12-10-21-31(36)33-23-14-26-38-39(33)40(42(35)49)41(34)50(38)45-47-43(29-17-6-2-7-18-29)46-44(48-45)30-19-8-3-9-20-30;1-3-12-26(13-4-1)29-23-25-36-40-38(29)32-18-8-7-17-30(32)31-19-11-16-27-22-24-35(39(40)37(27)31)45(36)42-41(28-14-5-2-6-15-28)43-33-20-9-10-21-34(33)44-42;1-2-12-24(13-3-1)38-40(42-33-22-9-8-21-32(33)41-38)43-34-23-11-20-30-26-15-5-4-14-25(26)28-18-10-19-29-27-16-6-7-17-31(27)39(43)37(35(28)29)36(30)34/h1-27H;1-25H;1-23H. The summed E-state index contributed by atoms with van der Waals surface area (Å²) in [6.45, 7) is 0. The minimum Gasteiger partial charge on any atom is -0.308 e. The molecule has 0 unspecified atom stereocenters. The van der Waals surface area contributed by atoms with Crippen molar-refractivity contribution in [1.29, 1.82) is 0 Å². The molecule has 0 saturated carbocycles. The van der Waals surface area contributed by atoms with Crippen LogP contribution in [0.15, 0.2) is 455 Å². The van der Waals surface area contributed by atoms with E-state index < -0.39 is 0 Å². The van der Waals surface area contributed by atoms with Crippen LogP contribution in [-0.4, -0.2) is 53.0 Å². The van der Waals surface area contributed by atoms with Crippen molar-refractivity contribution in [2.45, 2.75) is 0 Å². The Labute approximate surface area is 790 Å². The van der Waals surface area contributed by atoms with Crippen LogP contribution in [0.1, 0.15) is 0 Å². The fourth-order valence-corrected chi connectivity index (χ4v) is 22.8. The fourth-order valence-electron chi connectivity index (χ4n) is 22.8. The normalized spacial score (nSPS) is 12.1. The first kappa shape index (κ1) is 76.9. The van der Waals surface area contributed by atoms with Crippen molar-refractivity contribution in [1.82, 2.24) is 53.0 Å². The molecule has 0 bridgehead atoms. The van der Waals surface area contributed by atoms with E-state index in [0.717, 1.165) is 106 Å². The number of hydrogen-bond donors (Lipinski definition) is 0. The van der Waals surface area contributed by atoms with E-state index in [0.29, 0.717) is 17.6 Å². The summed E-state index contributed by atoms with van der Waals surface area (Å²) in [4.78, 5) is 36.9. The number of rotatable bonds is 9. The molecule has 8 aromatic heterocycles. The van der Waals surface area contributed by atoms with Crippen LogP contribution in [0.4, 0.5) is 0 Å². The summed E-state index contributed by atoms with van der Waals surface area (Å²) in [7, 11) is 0. The molecule has 2 aliphatic rings. The third-order valence-corrected chi connectivity index (χ3v) is 28.5. The summed E-state index contributed by atoms with van der Waals surface area (Å²) in [5.41, 5.74) is 34.3. The van der Waals surface area contributed by atoms with Crippen LogP contribution in [0.2, 0.25) is 0 Å². The van der Waals surface area contributed by atoms with Crippen molar-refractivity contribution >= 4 is 158 Å². The van der Waals surface area contributed by atoms with E-state index >= 15 is 0 Å². The van der Waals surface area contributed by atoms with E-state index in [4.69, 9.17) is 34.9 Å². The Morgan fingerprint density at radius 1 is 0.167 bits per heavy atom. The molecule has 138 heavy (non-hydrogen) atoms. The summed E-state index contributed by atoms with van der Waals surface area (Å²) in [5, 5.41) is 19.8.